The average Bonchev–Trinajstić information content (AvgIpc) is 2.53. The van der Waals surface area contributed by atoms with Crippen molar-refractivity contribution < 1.29 is 19.4 Å². The Morgan fingerprint density at radius 1 is 1.24 bits per heavy atom. The van der Waals surface area contributed by atoms with Gasteiger partial charge in [-0.2, -0.15) is 0 Å². The minimum atomic E-state index is -1.79. The third-order valence-electron chi connectivity index (χ3n) is 5.22. The molecule has 142 valence electrons. The molecule has 0 spiro atoms. The lowest BCUT2D eigenvalue weighted by atomic mass is 9.97. The maximum atomic E-state index is 10.4. The van der Waals surface area contributed by atoms with Crippen LogP contribution < -0.4 is 4.74 Å². The Balaban J connectivity index is 2.64. The normalized spacial score (nSPS) is 14.8. The minimum absolute atomic E-state index is 0.00479. The van der Waals surface area contributed by atoms with Gasteiger partial charge in [0.25, 0.3) is 0 Å². The topological polar surface area (TPSA) is 58.9 Å². The molecule has 0 aromatic heterocycles. The van der Waals surface area contributed by atoms with E-state index in [2.05, 4.69) is 40.4 Å². The molecule has 0 saturated heterocycles. The van der Waals surface area contributed by atoms with E-state index < -0.39 is 14.4 Å². The molecule has 2 N–H and O–H groups in total. The summed E-state index contributed by atoms with van der Waals surface area (Å²) in [4.78, 5) is 0. The highest BCUT2D eigenvalue weighted by Crippen LogP contribution is 2.38. The summed E-state index contributed by atoms with van der Waals surface area (Å²) in [5.74, 6) is 0.555. The van der Waals surface area contributed by atoms with Gasteiger partial charge in [0.2, 0.25) is 0 Å². The minimum Gasteiger partial charge on any atom is -0.504 e. The van der Waals surface area contributed by atoms with Crippen LogP contribution in [0.15, 0.2) is 30.9 Å². The maximum absolute atomic E-state index is 10.4. The molecule has 0 aliphatic heterocycles. The average molecular weight is 367 g/mol. The van der Waals surface area contributed by atoms with Crippen molar-refractivity contribution >= 4 is 8.32 Å². The van der Waals surface area contributed by atoms with E-state index in [0.717, 1.165) is 6.42 Å². The zero-order chi connectivity index (χ0) is 19.3. The van der Waals surface area contributed by atoms with Crippen LogP contribution in [-0.2, 0) is 4.43 Å². The van der Waals surface area contributed by atoms with E-state index in [-0.39, 0.29) is 16.7 Å². The van der Waals surface area contributed by atoms with Crippen LogP contribution >= 0.6 is 0 Å². The fourth-order valence-corrected chi connectivity index (χ4v) is 3.37. The first kappa shape index (κ1) is 21.7. The predicted molar refractivity (Wildman–Crippen MR) is 106 cm³/mol. The molecule has 4 nitrogen and oxygen atoms in total. The number of hydrogen-bond donors (Lipinski definition) is 2. The molecule has 0 bridgehead atoms. The third-order valence-corrected chi connectivity index (χ3v) is 9.72. The summed E-state index contributed by atoms with van der Waals surface area (Å²) < 4.78 is 11.4. The Labute approximate surface area is 153 Å². The molecule has 0 fully saturated rings. The fourth-order valence-electron chi connectivity index (χ4n) is 2.30. The first-order valence-corrected chi connectivity index (χ1v) is 11.7. The van der Waals surface area contributed by atoms with Gasteiger partial charge in [0.1, 0.15) is 0 Å². The monoisotopic (exact) mass is 366 g/mol. The van der Waals surface area contributed by atoms with Crippen molar-refractivity contribution in [1.82, 2.24) is 0 Å². The Morgan fingerprint density at radius 3 is 2.40 bits per heavy atom. The molecule has 0 aliphatic carbocycles. The number of hydrogen-bond acceptors (Lipinski definition) is 4. The van der Waals surface area contributed by atoms with E-state index in [1.165, 1.54) is 7.11 Å². The van der Waals surface area contributed by atoms with Crippen molar-refractivity contribution in [2.24, 2.45) is 5.92 Å². The molecule has 0 aliphatic rings. The molecule has 5 heteroatoms. The van der Waals surface area contributed by atoms with Gasteiger partial charge in [-0.15, -0.1) is 6.58 Å². The van der Waals surface area contributed by atoms with E-state index in [1.807, 2.05) is 6.08 Å². The number of para-hydroxylation sites is 1. The highest BCUT2D eigenvalue weighted by Gasteiger charge is 2.37. The van der Waals surface area contributed by atoms with E-state index in [4.69, 9.17) is 9.16 Å². The Hall–Kier alpha value is -1.30. The van der Waals surface area contributed by atoms with Crippen LogP contribution in [0.1, 0.15) is 45.3 Å². The molecular weight excluding hydrogens is 332 g/mol. The number of aliphatic hydroxyl groups excluding tert-OH is 1. The van der Waals surface area contributed by atoms with Crippen LogP contribution in [0, 0.1) is 5.92 Å². The number of benzene rings is 1. The first-order chi connectivity index (χ1) is 11.5. The van der Waals surface area contributed by atoms with E-state index in [1.54, 1.807) is 18.2 Å². The van der Waals surface area contributed by atoms with Crippen LogP contribution in [0.2, 0.25) is 18.1 Å². The molecule has 1 aromatic rings. The first-order valence-electron chi connectivity index (χ1n) is 8.84. The van der Waals surface area contributed by atoms with Gasteiger partial charge in [0, 0.05) is 12.2 Å². The molecule has 0 heterocycles. The van der Waals surface area contributed by atoms with Crippen molar-refractivity contribution in [3.63, 3.8) is 0 Å². The smallest absolute Gasteiger partial charge is 0.192 e. The summed E-state index contributed by atoms with van der Waals surface area (Å²) in [6.07, 6.45) is 2.42. The molecule has 1 aromatic carbocycles. The van der Waals surface area contributed by atoms with Crippen molar-refractivity contribution in [3.05, 3.63) is 36.4 Å². The lowest BCUT2D eigenvalue weighted by Crippen LogP contribution is -2.41. The van der Waals surface area contributed by atoms with Crippen LogP contribution in [0.25, 0.3) is 0 Å². The molecule has 2 atom stereocenters. The van der Waals surface area contributed by atoms with Gasteiger partial charge in [-0.1, -0.05) is 39.0 Å². The van der Waals surface area contributed by atoms with Crippen LogP contribution in [0.4, 0.5) is 0 Å². The van der Waals surface area contributed by atoms with Gasteiger partial charge in [0.15, 0.2) is 19.8 Å². The number of phenols is 1. The van der Waals surface area contributed by atoms with Gasteiger partial charge in [-0.25, -0.2) is 0 Å². The number of aliphatic hydroxyl groups is 1. The summed E-state index contributed by atoms with van der Waals surface area (Å²) >= 11 is 0. The summed E-state index contributed by atoms with van der Waals surface area (Å²) in [5.41, 5.74) is 0.493. The lowest BCUT2D eigenvalue weighted by Gasteiger charge is -2.37. The molecule has 0 saturated carbocycles. The zero-order valence-electron chi connectivity index (χ0n) is 16.5. The number of ether oxygens (including phenoxy) is 1. The molecule has 25 heavy (non-hydrogen) atoms. The molecular formula is C20H34O4Si. The fraction of sp³-hybridized carbons (Fsp3) is 0.600. The second-order valence-corrected chi connectivity index (χ2v) is 12.9. The summed E-state index contributed by atoms with van der Waals surface area (Å²) in [6.45, 7) is 15.6. The van der Waals surface area contributed by atoms with Crippen molar-refractivity contribution in [1.29, 1.82) is 0 Å². The van der Waals surface area contributed by atoms with E-state index in [0.29, 0.717) is 24.3 Å². The van der Waals surface area contributed by atoms with Crippen molar-refractivity contribution in [3.8, 4) is 11.5 Å². The molecule has 1 unspecified atom stereocenters. The predicted octanol–water partition coefficient (Wildman–Crippen LogP) is 5.04. The van der Waals surface area contributed by atoms with Gasteiger partial charge in [0.05, 0.1) is 13.2 Å². The summed E-state index contributed by atoms with van der Waals surface area (Å²) in [7, 11) is -0.295. The summed E-state index contributed by atoms with van der Waals surface area (Å²) in [6, 6.07) is 5.16. The van der Waals surface area contributed by atoms with E-state index in [9.17, 15) is 10.2 Å². The highest BCUT2D eigenvalue weighted by atomic mass is 28.4. The van der Waals surface area contributed by atoms with Crippen molar-refractivity contribution in [2.75, 3.05) is 13.7 Å². The summed E-state index contributed by atoms with van der Waals surface area (Å²) in [5, 5.41) is 20.8. The van der Waals surface area contributed by atoms with E-state index >= 15 is 0 Å². The molecule has 0 amide bonds. The lowest BCUT2D eigenvalue weighted by molar-refractivity contribution is 0.148. The Bertz CT molecular complexity index is 563. The standard InChI is InChI=1S/C20H34O4Si/c1-8-15(14-24-25(6,7)20(2,3)4)12-13-17(21)16-10-9-11-18(23-5)19(16)22/h8-11,15,17,21-22H,1,12-14H2,2-7H3/t15-,17?/m1/s1. The van der Waals surface area contributed by atoms with Gasteiger partial charge in [-0.05, 0) is 43.0 Å². The quantitative estimate of drug-likeness (QED) is 0.475. The van der Waals surface area contributed by atoms with Gasteiger partial charge in [-0.3, -0.25) is 0 Å². The van der Waals surface area contributed by atoms with Crippen LogP contribution in [0.5, 0.6) is 11.5 Å². The Morgan fingerprint density at radius 2 is 1.88 bits per heavy atom. The highest BCUT2D eigenvalue weighted by molar-refractivity contribution is 6.74. The number of rotatable bonds is 9. The molecule has 1 rings (SSSR count). The second kappa shape index (κ2) is 8.88. The largest absolute Gasteiger partial charge is 0.504 e. The number of methoxy groups -OCH3 is 1. The van der Waals surface area contributed by atoms with Crippen molar-refractivity contribution in [2.45, 2.75) is 57.8 Å². The van der Waals surface area contributed by atoms with Gasteiger partial charge >= 0.3 is 0 Å². The second-order valence-electron chi connectivity index (χ2n) is 8.06. The van der Waals surface area contributed by atoms with Crippen LogP contribution in [0.3, 0.4) is 0 Å². The number of phenolic OH excluding ortho intramolecular Hbond substituents is 1. The molecule has 0 radical (unpaired) electrons. The van der Waals surface area contributed by atoms with Crippen LogP contribution in [-0.4, -0.2) is 32.2 Å². The zero-order valence-corrected chi connectivity index (χ0v) is 17.5. The Kier molecular flexibility index (Phi) is 7.72. The number of aromatic hydroxyl groups is 1. The van der Waals surface area contributed by atoms with Gasteiger partial charge < -0.3 is 19.4 Å². The maximum Gasteiger partial charge on any atom is 0.192 e. The SMILES string of the molecule is C=C[C@H](CCC(O)c1cccc(OC)c1O)CO[Si](C)(C)C(C)(C)C. The third kappa shape index (κ3) is 5.87.